The van der Waals surface area contributed by atoms with E-state index in [1.165, 1.54) is 6.07 Å². The normalized spacial score (nSPS) is 20.5. The number of hydrogen-bond donors (Lipinski definition) is 0. The van der Waals surface area contributed by atoms with Crippen LogP contribution in [0.25, 0.3) is 11.0 Å². The van der Waals surface area contributed by atoms with Crippen molar-refractivity contribution in [2.45, 2.75) is 18.3 Å². The van der Waals surface area contributed by atoms with E-state index in [9.17, 15) is 4.39 Å². The molecule has 1 aliphatic heterocycles. The summed E-state index contributed by atoms with van der Waals surface area (Å²) >= 11 is 11.8. The van der Waals surface area contributed by atoms with E-state index in [0.29, 0.717) is 17.4 Å². The van der Waals surface area contributed by atoms with Crippen LogP contribution in [0.1, 0.15) is 18.3 Å². The van der Waals surface area contributed by atoms with Gasteiger partial charge in [-0.1, -0.05) is 11.6 Å². The number of imidazole rings is 1. The lowest BCUT2D eigenvalue weighted by atomic mass is 10.2. The number of alkyl halides is 1. The van der Waals surface area contributed by atoms with Gasteiger partial charge in [-0.05, 0) is 26.1 Å². The van der Waals surface area contributed by atoms with Crippen molar-refractivity contribution >= 4 is 34.2 Å². The largest absolute Gasteiger partial charge is 0.322 e. The van der Waals surface area contributed by atoms with Crippen molar-refractivity contribution in [3.63, 3.8) is 0 Å². The highest BCUT2D eigenvalue weighted by Crippen LogP contribution is 2.30. The summed E-state index contributed by atoms with van der Waals surface area (Å²) < 4.78 is 15.7. The average molecular weight is 302 g/mol. The van der Waals surface area contributed by atoms with E-state index in [1.807, 2.05) is 0 Å². The molecule has 2 aromatic rings. The SMILES string of the molecule is CN1CCC(n2c(CCl)nc3cc(Cl)c(F)cc32)C1. The summed E-state index contributed by atoms with van der Waals surface area (Å²) in [6, 6.07) is 3.32. The van der Waals surface area contributed by atoms with E-state index >= 15 is 0 Å². The molecule has 0 bridgehead atoms. The van der Waals surface area contributed by atoms with Crippen molar-refractivity contribution in [2.24, 2.45) is 0 Å². The third-order valence-corrected chi connectivity index (χ3v) is 4.18. The third kappa shape index (κ3) is 2.22. The zero-order valence-corrected chi connectivity index (χ0v) is 12.0. The van der Waals surface area contributed by atoms with Crippen LogP contribution < -0.4 is 0 Å². The van der Waals surface area contributed by atoms with E-state index < -0.39 is 5.82 Å². The fraction of sp³-hybridized carbons (Fsp3) is 0.462. The second-order valence-electron chi connectivity index (χ2n) is 4.99. The van der Waals surface area contributed by atoms with Crippen molar-refractivity contribution < 1.29 is 4.39 Å². The van der Waals surface area contributed by atoms with Gasteiger partial charge < -0.3 is 9.47 Å². The van der Waals surface area contributed by atoms with Crippen molar-refractivity contribution in [3.8, 4) is 0 Å². The van der Waals surface area contributed by atoms with Crippen LogP contribution >= 0.6 is 23.2 Å². The molecule has 0 saturated carbocycles. The minimum absolute atomic E-state index is 0.0989. The Balaban J connectivity index is 2.18. The minimum atomic E-state index is -0.414. The Morgan fingerprint density at radius 2 is 2.26 bits per heavy atom. The van der Waals surface area contributed by atoms with Crippen molar-refractivity contribution in [1.29, 1.82) is 0 Å². The number of likely N-dealkylation sites (tertiary alicyclic amines) is 1. The molecule has 1 aromatic carbocycles. The summed E-state index contributed by atoms with van der Waals surface area (Å²) in [7, 11) is 2.08. The summed E-state index contributed by atoms with van der Waals surface area (Å²) in [5, 5.41) is 0.0989. The molecule has 6 heteroatoms. The number of fused-ring (bicyclic) bond motifs is 1. The first-order chi connectivity index (χ1) is 9.10. The zero-order valence-electron chi connectivity index (χ0n) is 10.5. The maximum atomic E-state index is 13.7. The molecular weight excluding hydrogens is 288 g/mol. The van der Waals surface area contributed by atoms with E-state index in [2.05, 4.69) is 21.5 Å². The lowest BCUT2D eigenvalue weighted by Gasteiger charge is -2.16. The monoisotopic (exact) mass is 301 g/mol. The Bertz CT molecular complexity index is 626. The number of hydrogen-bond acceptors (Lipinski definition) is 2. The van der Waals surface area contributed by atoms with Crippen LogP contribution in [0.5, 0.6) is 0 Å². The number of nitrogens with zero attached hydrogens (tertiary/aromatic N) is 3. The molecule has 1 atom stereocenters. The highest BCUT2D eigenvalue weighted by atomic mass is 35.5. The number of likely N-dealkylation sites (N-methyl/N-ethyl adjacent to an activating group) is 1. The molecule has 1 aliphatic rings. The molecule has 3 nitrogen and oxygen atoms in total. The molecule has 1 fully saturated rings. The molecule has 102 valence electrons. The molecule has 1 aromatic heterocycles. The summed E-state index contributed by atoms with van der Waals surface area (Å²) in [6.45, 7) is 1.96. The van der Waals surface area contributed by atoms with Crippen LogP contribution in [-0.4, -0.2) is 34.6 Å². The molecule has 3 rings (SSSR count). The standard InChI is InChI=1S/C13H14Cl2FN3/c1-18-3-2-8(7-18)19-12-5-10(16)9(15)4-11(12)17-13(19)6-14/h4-5,8H,2-3,6-7H2,1H3. The van der Waals surface area contributed by atoms with Gasteiger partial charge in [0.15, 0.2) is 0 Å². The molecule has 0 aliphatic carbocycles. The van der Waals surface area contributed by atoms with Gasteiger partial charge in [-0.15, -0.1) is 11.6 Å². The van der Waals surface area contributed by atoms with Crippen LogP contribution in [0.4, 0.5) is 4.39 Å². The van der Waals surface area contributed by atoms with Crippen LogP contribution in [-0.2, 0) is 5.88 Å². The molecule has 0 N–H and O–H groups in total. The number of halogens is 3. The van der Waals surface area contributed by atoms with Gasteiger partial charge in [-0.3, -0.25) is 0 Å². The van der Waals surface area contributed by atoms with Crippen LogP contribution in [0.15, 0.2) is 12.1 Å². The molecule has 19 heavy (non-hydrogen) atoms. The van der Waals surface area contributed by atoms with Gasteiger partial charge >= 0.3 is 0 Å². The maximum absolute atomic E-state index is 13.7. The number of aromatic nitrogens is 2. The molecule has 0 radical (unpaired) electrons. The second kappa shape index (κ2) is 4.93. The average Bonchev–Trinajstić information content (AvgIpc) is 2.93. The van der Waals surface area contributed by atoms with Crippen molar-refractivity contribution in [1.82, 2.24) is 14.5 Å². The van der Waals surface area contributed by atoms with Gasteiger partial charge in [0.05, 0.1) is 21.9 Å². The second-order valence-corrected chi connectivity index (χ2v) is 5.67. The lowest BCUT2D eigenvalue weighted by Crippen LogP contribution is -2.17. The first-order valence-corrected chi connectivity index (χ1v) is 7.11. The zero-order chi connectivity index (χ0) is 13.6. The number of rotatable bonds is 2. The first-order valence-electron chi connectivity index (χ1n) is 6.20. The van der Waals surface area contributed by atoms with Gasteiger partial charge in [-0.25, -0.2) is 9.37 Å². The van der Waals surface area contributed by atoms with E-state index in [0.717, 1.165) is 30.9 Å². The van der Waals surface area contributed by atoms with Crippen LogP contribution in [0, 0.1) is 5.82 Å². The van der Waals surface area contributed by atoms with E-state index in [4.69, 9.17) is 23.2 Å². The summed E-state index contributed by atoms with van der Waals surface area (Å²) in [4.78, 5) is 6.71. The topological polar surface area (TPSA) is 21.1 Å². The molecule has 1 unspecified atom stereocenters. The van der Waals surface area contributed by atoms with E-state index in [1.54, 1.807) is 6.07 Å². The van der Waals surface area contributed by atoms with Crippen LogP contribution in [0.3, 0.4) is 0 Å². The Morgan fingerprint density at radius 1 is 1.47 bits per heavy atom. The molecule has 1 saturated heterocycles. The van der Waals surface area contributed by atoms with Gasteiger partial charge in [0.25, 0.3) is 0 Å². The highest BCUT2D eigenvalue weighted by Gasteiger charge is 2.25. The summed E-state index contributed by atoms with van der Waals surface area (Å²) in [5.41, 5.74) is 1.48. The van der Waals surface area contributed by atoms with E-state index in [-0.39, 0.29) is 5.02 Å². The molecule has 2 heterocycles. The van der Waals surface area contributed by atoms with Gasteiger partial charge in [0.1, 0.15) is 11.6 Å². The number of benzene rings is 1. The smallest absolute Gasteiger partial charge is 0.144 e. The molecular formula is C13H14Cl2FN3. The fourth-order valence-corrected chi connectivity index (χ4v) is 3.11. The Morgan fingerprint density at radius 3 is 2.89 bits per heavy atom. The highest BCUT2D eigenvalue weighted by molar-refractivity contribution is 6.31. The maximum Gasteiger partial charge on any atom is 0.144 e. The quantitative estimate of drug-likeness (QED) is 0.792. The molecule has 0 spiro atoms. The predicted octanol–water partition coefficient (Wildman–Crippen LogP) is 3.44. The van der Waals surface area contributed by atoms with Crippen LogP contribution in [0.2, 0.25) is 5.02 Å². The van der Waals surface area contributed by atoms with Gasteiger partial charge in [-0.2, -0.15) is 0 Å². The summed E-state index contributed by atoms with van der Waals surface area (Å²) in [5.74, 6) is 0.676. The Kier molecular flexibility index (Phi) is 3.41. The Labute approximate surface area is 120 Å². The predicted molar refractivity (Wildman–Crippen MR) is 75.4 cm³/mol. The van der Waals surface area contributed by atoms with Gasteiger partial charge in [0, 0.05) is 18.7 Å². The van der Waals surface area contributed by atoms with Crippen molar-refractivity contribution in [2.75, 3.05) is 20.1 Å². The molecule has 0 amide bonds. The van der Waals surface area contributed by atoms with Crippen molar-refractivity contribution in [3.05, 3.63) is 28.8 Å². The fourth-order valence-electron chi connectivity index (χ4n) is 2.76. The first kappa shape index (κ1) is 13.2. The van der Waals surface area contributed by atoms with Gasteiger partial charge in [0.2, 0.25) is 0 Å². The third-order valence-electron chi connectivity index (χ3n) is 3.66. The lowest BCUT2D eigenvalue weighted by molar-refractivity contribution is 0.393. The minimum Gasteiger partial charge on any atom is -0.322 e. The summed E-state index contributed by atoms with van der Waals surface area (Å²) in [6.07, 6.45) is 1.02. The Hall–Kier alpha value is -0.840.